The highest BCUT2D eigenvalue weighted by molar-refractivity contribution is 7.92. The molecule has 5 aromatic rings. The van der Waals surface area contributed by atoms with Crippen LogP contribution in [-0.4, -0.2) is 25.2 Å². The van der Waals surface area contributed by atoms with Gasteiger partial charge in [0.25, 0.3) is 21.8 Å². The van der Waals surface area contributed by atoms with Crippen molar-refractivity contribution in [1.29, 1.82) is 0 Å². The number of benzene rings is 4. The van der Waals surface area contributed by atoms with E-state index in [4.69, 9.17) is 11.6 Å². The molecule has 0 atom stereocenters. The van der Waals surface area contributed by atoms with Gasteiger partial charge in [0.1, 0.15) is 0 Å². The number of para-hydroxylation sites is 2. The molecule has 1 aromatic heterocycles. The molecule has 2 N–H and O–H groups in total. The number of hydrogen-bond acceptors (Lipinski definition) is 5. The number of hydrogen-bond donors (Lipinski definition) is 2. The molecule has 0 saturated heterocycles. The van der Waals surface area contributed by atoms with Gasteiger partial charge >= 0.3 is 0 Å². The van der Waals surface area contributed by atoms with Gasteiger partial charge in [-0.3, -0.25) is 18.9 Å². The van der Waals surface area contributed by atoms with Crippen LogP contribution in [0.15, 0.2) is 126 Å². The average molecular weight is 625 g/mol. The summed E-state index contributed by atoms with van der Waals surface area (Å²) >= 11 is 6.08. The molecular formula is C34H29ClN4O4S. The van der Waals surface area contributed by atoms with E-state index in [-0.39, 0.29) is 46.4 Å². The van der Waals surface area contributed by atoms with Gasteiger partial charge in [-0.1, -0.05) is 71.8 Å². The first-order valence-electron chi connectivity index (χ1n) is 13.7. The topological polar surface area (TPSA) is 108 Å². The number of carbonyl (C=O) groups is 2. The maximum atomic E-state index is 14.1. The summed E-state index contributed by atoms with van der Waals surface area (Å²) in [7, 11) is -4.11. The Morgan fingerprint density at radius 1 is 0.773 bits per heavy atom. The van der Waals surface area contributed by atoms with E-state index in [1.165, 1.54) is 4.31 Å². The van der Waals surface area contributed by atoms with Crippen LogP contribution in [0.3, 0.4) is 0 Å². The molecule has 1 heterocycles. The van der Waals surface area contributed by atoms with Crippen LogP contribution in [0.2, 0.25) is 5.02 Å². The third-order valence-corrected chi connectivity index (χ3v) is 8.89. The number of nitrogens with one attached hydrogen (secondary N) is 2. The van der Waals surface area contributed by atoms with E-state index in [9.17, 15) is 18.0 Å². The summed E-state index contributed by atoms with van der Waals surface area (Å²) in [5.41, 5.74) is 3.25. The van der Waals surface area contributed by atoms with E-state index < -0.39 is 15.9 Å². The fourth-order valence-electron chi connectivity index (χ4n) is 4.54. The second-order valence-electron chi connectivity index (χ2n) is 10.0. The largest absolute Gasteiger partial charge is 0.348 e. The first-order valence-corrected chi connectivity index (χ1v) is 15.5. The summed E-state index contributed by atoms with van der Waals surface area (Å²) in [5, 5.41) is 6.18. The van der Waals surface area contributed by atoms with Gasteiger partial charge in [0.05, 0.1) is 33.9 Å². The highest BCUT2D eigenvalue weighted by Crippen LogP contribution is 2.30. The Balaban J connectivity index is 1.48. The lowest BCUT2D eigenvalue weighted by molar-refractivity contribution is 0.0951. The smallest absolute Gasteiger partial charge is 0.264 e. The first-order chi connectivity index (χ1) is 21.2. The lowest BCUT2D eigenvalue weighted by Crippen LogP contribution is -2.32. The second kappa shape index (κ2) is 13.5. The predicted octanol–water partition coefficient (Wildman–Crippen LogP) is 6.62. The van der Waals surface area contributed by atoms with Gasteiger partial charge < -0.3 is 10.6 Å². The fraction of sp³-hybridized carbons (Fsp3) is 0.0882. The zero-order valence-electron chi connectivity index (χ0n) is 23.8. The Labute approximate surface area is 261 Å². The third-order valence-electron chi connectivity index (χ3n) is 6.86. The Bertz CT molecular complexity index is 1880. The number of nitrogens with zero attached hydrogens (tertiary/aromatic N) is 2. The van der Waals surface area contributed by atoms with E-state index in [1.54, 1.807) is 116 Å². The van der Waals surface area contributed by atoms with Crippen LogP contribution in [-0.2, 0) is 23.1 Å². The van der Waals surface area contributed by atoms with E-state index in [1.807, 2.05) is 13.0 Å². The van der Waals surface area contributed by atoms with Crippen LogP contribution in [0.4, 0.5) is 11.4 Å². The lowest BCUT2D eigenvalue weighted by Gasteiger charge is -2.27. The van der Waals surface area contributed by atoms with Gasteiger partial charge in [0.2, 0.25) is 0 Å². The minimum Gasteiger partial charge on any atom is -0.348 e. The summed E-state index contributed by atoms with van der Waals surface area (Å²) in [4.78, 5) is 31.0. The Hall–Kier alpha value is -4.99. The molecule has 10 heteroatoms. The molecule has 0 unspecified atom stereocenters. The predicted molar refractivity (Wildman–Crippen MR) is 172 cm³/mol. The van der Waals surface area contributed by atoms with Gasteiger partial charge in [0, 0.05) is 24.0 Å². The maximum Gasteiger partial charge on any atom is 0.264 e. The van der Waals surface area contributed by atoms with Crippen molar-refractivity contribution in [2.45, 2.75) is 24.9 Å². The van der Waals surface area contributed by atoms with Crippen molar-refractivity contribution in [1.82, 2.24) is 10.3 Å². The minimum atomic E-state index is -4.11. The molecule has 44 heavy (non-hydrogen) atoms. The molecule has 0 saturated carbocycles. The van der Waals surface area contributed by atoms with Crippen molar-refractivity contribution in [3.63, 3.8) is 0 Å². The van der Waals surface area contributed by atoms with Crippen LogP contribution in [0, 0.1) is 6.92 Å². The van der Waals surface area contributed by atoms with E-state index >= 15 is 0 Å². The molecule has 0 fully saturated rings. The molecule has 0 spiro atoms. The third kappa shape index (κ3) is 7.14. The molecule has 5 rings (SSSR count). The average Bonchev–Trinajstić information content (AvgIpc) is 3.04. The van der Waals surface area contributed by atoms with Crippen LogP contribution in [0.1, 0.15) is 37.4 Å². The van der Waals surface area contributed by atoms with E-state index in [2.05, 4.69) is 15.6 Å². The van der Waals surface area contributed by atoms with Gasteiger partial charge in [-0.2, -0.15) is 0 Å². The monoisotopic (exact) mass is 624 g/mol. The number of rotatable bonds is 10. The Kier molecular flexibility index (Phi) is 9.38. The van der Waals surface area contributed by atoms with Crippen molar-refractivity contribution in [3.05, 3.63) is 154 Å². The Morgan fingerprint density at radius 3 is 2.16 bits per heavy atom. The van der Waals surface area contributed by atoms with E-state index in [0.29, 0.717) is 10.6 Å². The second-order valence-corrected chi connectivity index (χ2v) is 12.3. The molecule has 2 amide bonds. The molecule has 0 aliphatic heterocycles. The van der Waals surface area contributed by atoms with Crippen LogP contribution in [0.5, 0.6) is 0 Å². The zero-order chi connectivity index (χ0) is 31.1. The SMILES string of the molecule is Cc1ccc(S(=O)(=O)N(Cc2ccc(Cl)cc2)c2ccccc2C(=O)Nc2ccccc2C(=O)NCc2cccnc2)cc1. The first kappa shape index (κ1) is 30.5. The summed E-state index contributed by atoms with van der Waals surface area (Å²) in [5.74, 6) is -0.960. The number of aromatic nitrogens is 1. The number of pyridine rings is 1. The zero-order valence-corrected chi connectivity index (χ0v) is 25.3. The number of sulfonamides is 1. The van der Waals surface area contributed by atoms with Crippen molar-refractivity contribution in [2.24, 2.45) is 0 Å². The normalized spacial score (nSPS) is 11.0. The van der Waals surface area contributed by atoms with Crippen molar-refractivity contribution < 1.29 is 18.0 Å². The van der Waals surface area contributed by atoms with Crippen LogP contribution < -0.4 is 14.9 Å². The number of carbonyl (C=O) groups excluding carboxylic acids is 2. The molecule has 0 aliphatic rings. The van der Waals surface area contributed by atoms with E-state index in [0.717, 1.165) is 11.1 Å². The lowest BCUT2D eigenvalue weighted by atomic mass is 10.1. The van der Waals surface area contributed by atoms with Gasteiger partial charge in [-0.05, 0) is 72.6 Å². The highest BCUT2D eigenvalue weighted by atomic mass is 35.5. The molecule has 222 valence electrons. The van der Waals surface area contributed by atoms with Gasteiger partial charge in [-0.15, -0.1) is 0 Å². The Morgan fingerprint density at radius 2 is 1.45 bits per heavy atom. The maximum absolute atomic E-state index is 14.1. The molecule has 0 radical (unpaired) electrons. The van der Waals surface area contributed by atoms with Crippen LogP contribution >= 0.6 is 11.6 Å². The molecule has 0 bridgehead atoms. The van der Waals surface area contributed by atoms with Crippen molar-refractivity contribution in [2.75, 3.05) is 9.62 Å². The number of anilines is 2. The molecular weight excluding hydrogens is 596 g/mol. The molecule has 0 aliphatic carbocycles. The minimum absolute atomic E-state index is 0.0506. The summed E-state index contributed by atoms with van der Waals surface area (Å²) in [6.45, 7) is 2.08. The standard InChI is InChI=1S/C34H29ClN4O4S/c1-24-12-18-28(19-13-24)44(42,43)39(23-25-14-16-27(35)17-15-25)32-11-5-3-9-30(32)34(41)38-31-10-4-2-8-29(31)33(40)37-22-26-7-6-20-36-21-26/h2-21H,22-23H2,1H3,(H,37,40)(H,38,41). The van der Waals surface area contributed by atoms with Crippen molar-refractivity contribution in [3.8, 4) is 0 Å². The number of halogens is 1. The summed E-state index contributed by atoms with van der Waals surface area (Å²) in [6.07, 6.45) is 3.31. The summed E-state index contributed by atoms with van der Waals surface area (Å²) < 4.78 is 29.4. The number of amides is 2. The van der Waals surface area contributed by atoms with Gasteiger partial charge in [0.15, 0.2) is 0 Å². The molecule has 8 nitrogen and oxygen atoms in total. The fourth-order valence-corrected chi connectivity index (χ4v) is 6.13. The quantitative estimate of drug-likeness (QED) is 0.182. The highest BCUT2D eigenvalue weighted by Gasteiger charge is 2.29. The summed E-state index contributed by atoms with van der Waals surface area (Å²) in [6, 6.07) is 30.1. The van der Waals surface area contributed by atoms with Crippen molar-refractivity contribution >= 4 is 44.8 Å². The molecule has 4 aromatic carbocycles. The van der Waals surface area contributed by atoms with Gasteiger partial charge in [-0.25, -0.2) is 8.42 Å². The number of aryl methyl sites for hydroxylation is 1. The van der Waals surface area contributed by atoms with Crippen LogP contribution in [0.25, 0.3) is 0 Å².